The van der Waals surface area contributed by atoms with E-state index < -0.39 is 59.9 Å². The lowest BCUT2D eigenvalue weighted by Crippen LogP contribution is -2.60. The molecule has 0 bridgehead atoms. The number of nitrogens with two attached hydrogens (primary N) is 3. The maximum absolute atomic E-state index is 12.9. The number of guanidine groups is 1. The summed E-state index contributed by atoms with van der Waals surface area (Å²) < 4.78 is 0. The number of carbonyl (C=O) groups excluding carboxylic acids is 3. The quantitative estimate of drug-likeness (QED) is 0.0722. The molecule has 0 aromatic rings. The Bertz CT molecular complexity index is 724. The van der Waals surface area contributed by atoms with Crippen molar-refractivity contribution in [2.75, 3.05) is 6.54 Å². The van der Waals surface area contributed by atoms with E-state index >= 15 is 0 Å². The molecule has 0 aliphatic carbocycles. The predicted octanol–water partition coefficient (Wildman–Crippen LogP) is -2.01. The van der Waals surface area contributed by atoms with Gasteiger partial charge in [0.15, 0.2) is 5.96 Å². The molecule has 0 spiro atoms. The summed E-state index contributed by atoms with van der Waals surface area (Å²) in [4.78, 5) is 53.5. The number of aliphatic hydroxyl groups is 1. The summed E-state index contributed by atoms with van der Waals surface area (Å²) in [5, 5.41) is 26.8. The smallest absolute Gasteiger partial charge is 0.326 e. The van der Waals surface area contributed by atoms with Crippen LogP contribution in [0, 0.1) is 11.8 Å². The average molecular weight is 488 g/mol. The summed E-state index contributed by atoms with van der Waals surface area (Å²) in [7, 11) is 0. The van der Waals surface area contributed by atoms with Gasteiger partial charge < -0.3 is 43.4 Å². The Hall–Kier alpha value is -2.93. The Labute approximate surface area is 200 Å². The lowest BCUT2D eigenvalue weighted by molar-refractivity contribution is -0.143. The molecule has 0 aliphatic heterocycles. The molecule has 0 aromatic carbocycles. The normalized spacial score (nSPS) is 16.4. The fourth-order valence-electron chi connectivity index (χ4n) is 2.97. The van der Waals surface area contributed by atoms with Crippen molar-refractivity contribution >= 4 is 29.7 Å². The van der Waals surface area contributed by atoms with Gasteiger partial charge in [-0.05, 0) is 31.6 Å². The van der Waals surface area contributed by atoms with Gasteiger partial charge in [0.2, 0.25) is 17.7 Å². The number of aliphatic imine (C=N–C) groups is 1. The number of rotatable bonds is 15. The van der Waals surface area contributed by atoms with Crippen LogP contribution in [0.2, 0.25) is 0 Å². The van der Waals surface area contributed by atoms with Crippen LogP contribution in [0.25, 0.3) is 0 Å². The molecule has 0 saturated heterocycles. The van der Waals surface area contributed by atoms with Crippen molar-refractivity contribution in [2.45, 2.75) is 84.2 Å². The van der Waals surface area contributed by atoms with Crippen LogP contribution in [0.4, 0.5) is 0 Å². The van der Waals surface area contributed by atoms with Crippen LogP contribution in [0.1, 0.15) is 53.9 Å². The number of aliphatic carboxylic acids is 1. The number of carboxylic acid groups (broad SMARTS) is 1. The fraction of sp³-hybridized carbons (Fsp3) is 0.762. The van der Waals surface area contributed by atoms with Crippen molar-refractivity contribution < 1.29 is 29.4 Å². The van der Waals surface area contributed by atoms with E-state index in [1.165, 1.54) is 6.92 Å². The second kappa shape index (κ2) is 15.1. The Morgan fingerprint density at radius 3 is 1.91 bits per heavy atom. The van der Waals surface area contributed by atoms with Gasteiger partial charge in [-0.2, -0.15) is 0 Å². The van der Waals surface area contributed by atoms with Crippen LogP contribution < -0.4 is 33.2 Å². The Kier molecular flexibility index (Phi) is 13.8. The van der Waals surface area contributed by atoms with Gasteiger partial charge in [0.05, 0.1) is 12.1 Å². The molecule has 0 aromatic heterocycles. The van der Waals surface area contributed by atoms with Crippen molar-refractivity contribution in [3.8, 4) is 0 Å². The summed E-state index contributed by atoms with van der Waals surface area (Å²) >= 11 is 0. The van der Waals surface area contributed by atoms with Crippen molar-refractivity contribution in [1.29, 1.82) is 0 Å². The molecule has 13 nitrogen and oxygen atoms in total. The fourth-order valence-corrected chi connectivity index (χ4v) is 2.97. The molecule has 0 radical (unpaired) electrons. The van der Waals surface area contributed by atoms with Gasteiger partial charge in [-0.25, -0.2) is 4.79 Å². The maximum Gasteiger partial charge on any atom is 0.326 e. The number of nitrogens with zero attached hydrogens (tertiary/aromatic N) is 1. The number of amides is 3. The third-order valence-corrected chi connectivity index (χ3v) is 5.43. The van der Waals surface area contributed by atoms with Crippen LogP contribution in [0.15, 0.2) is 4.99 Å². The van der Waals surface area contributed by atoms with Gasteiger partial charge in [0.1, 0.15) is 18.1 Å². The molecule has 34 heavy (non-hydrogen) atoms. The Morgan fingerprint density at radius 1 is 0.912 bits per heavy atom. The minimum atomic E-state index is -1.38. The molecule has 3 amide bonds. The van der Waals surface area contributed by atoms with Gasteiger partial charge in [-0.3, -0.25) is 19.4 Å². The highest BCUT2D eigenvalue weighted by Gasteiger charge is 2.33. The number of aliphatic hydroxyl groups excluding tert-OH is 1. The molecule has 0 rings (SSSR count). The largest absolute Gasteiger partial charge is 0.480 e. The lowest BCUT2D eigenvalue weighted by atomic mass is 9.98. The second-order valence-electron chi connectivity index (χ2n) is 8.72. The number of carboxylic acids is 1. The molecule has 0 aliphatic rings. The molecule has 6 atom stereocenters. The van der Waals surface area contributed by atoms with E-state index in [4.69, 9.17) is 17.2 Å². The third kappa shape index (κ3) is 10.8. The molecule has 6 unspecified atom stereocenters. The first-order valence-electron chi connectivity index (χ1n) is 11.4. The van der Waals surface area contributed by atoms with Crippen molar-refractivity contribution in [2.24, 2.45) is 34.0 Å². The zero-order valence-corrected chi connectivity index (χ0v) is 20.6. The minimum Gasteiger partial charge on any atom is -0.480 e. The van der Waals surface area contributed by atoms with Gasteiger partial charge in [0.25, 0.3) is 0 Å². The monoisotopic (exact) mass is 487 g/mol. The zero-order chi connectivity index (χ0) is 26.6. The summed E-state index contributed by atoms with van der Waals surface area (Å²) in [6, 6.07) is -4.61. The Balaban J connectivity index is 5.58. The first kappa shape index (κ1) is 31.1. The van der Waals surface area contributed by atoms with Crippen LogP contribution >= 0.6 is 0 Å². The predicted molar refractivity (Wildman–Crippen MR) is 127 cm³/mol. The zero-order valence-electron chi connectivity index (χ0n) is 20.6. The number of carbonyl (C=O) groups is 4. The Morgan fingerprint density at radius 2 is 1.47 bits per heavy atom. The molecule has 13 heteroatoms. The number of hydrogen-bond acceptors (Lipinski definition) is 7. The van der Waals surface area contributed by atoms with E-state index in [-0.39, 0.29) is 24.8 Å². The third-order valence-electron chi connectivity index (χ3n) is 5.43. The van der Waals surface area contributed by atoms with Crippen LogP contribution in [0.3, 0.4) is 0 Å². The molecule has 11 N–H and O–H groups in total. The molecule has 0 heterocycles. The van der Waals surface area contributed by atoms with E-state index in [1.54, 1.807) is 20.8 Å². The van der Waals surface area contributed by atoms with Crippen molar-refractivity contribution in [1.82, 2.24) is 16.0 Å². The van der Waals surface area contributed by atoms with E-state index in [0.29, 0.717) is 12.8 Å². The van der Waals surface area contributed by atoms with Crippen LogP contribution in [0.5, 0.6) is 0 Å². The molecule has 196 valence electrons. The molecular formula is C21H41N7O6. The first-order chi connectivity index (χ1) is 15.7. The van der Waals surface area contributed by atoms with E-state index in [2.05, 4.69) is 20.9 Å². The van der Waals surface area contributed by atoms with Gasteiger partial charge in [-0.1, -0.05) is 34.1 Å². The van der Waals surface area contributed by atoms with Crippen LogP contribution in [-0.2, 0) is 19.2 Å². The molecular weight excluding hydrogens is 446 g/mol. The highest BCUT2D eigenvalue weighted by molar-refractivity contribution is 5.94. The SMILES string of the molecule is CCC(C)C(N)C(=O)NC(C(=O)NC(CCCN=C(N)N)C(=O)NC(C(=O)O)C(C)C)C(C)O. The maximum atomic E-state index is 12.9. The van der Waals surface area contributed by atoms with E-state index in [9.17, 15) is 29.4 Å². The molecule has 0 fully saturated rings. The van der Waals surface area contributed by atoms with Crippen LogP contribution in [-0.4, -0.2) is 76.7 Å². The van der Waals surface area contributed by atoms with E-state index in [0.717, 1.165) is 0 Å². The number of nitrogens with one attached hydrogen (secondary N) is 3. The number of hydrogen-bond donors (Lipinski definition) is 8. The van der Waals surface area contributed by atoms with Gasteiger partial charge in [0, 0.05) is 6.54 Å². The standard InChI is InChI=1S/C21H41N7O6/c1-6-11(4)14(22)18(31)28-16(12(5)29)19(32)26-13(8-7-9-25-21(23)24)17(30)27-15(10(2)3)20(33)34/h10-16,29H,6-9,22H2,1-5H3,(H,26,32)(H,27,30)(H,28,31)(H,33,34)(H4,23,24,25). The average Bonchev–Trinajstić information content (AvgIpc) is 2.75. The summed E-state index contributed by atoms with van der Waals surface area (Å²) in [5.41, 5.74) is 16.5. The molecule has 0 saturated carbocycles. The van der Waals surface area contributed by atoms with Gasteiger partial charge >= 0.3 is 5.97 Å². The lowest BCUT2D eigenvalue weighted by Gasteiger charge is -2.27. The summed E-state index contributed by atoms with van der Waals surface area (Å²) in [6.07, 6.45) is -0.286. The summed E-state index contributed by atoms with van der Waals surface area (Å²) in [6.45, 7) is 8.40. The van der Waals surface area contributed by atoms with Gasteiger partial charge in [-0.15, -0.1) is 0 Å². The minimum absolute atomic E-state index is 0.0750. The van der Waals surface area contributed by atoms with E-state index in [1.807, 2.05) is 6.92 Å². The van der Waals surface area contributed by atoms with Crippen molar-refractivity contribution in [3.05, 3.63) is 0 Å². The highest BCUT2D eigenvalue weighted by atomic mass is 16.4. The highest BCUT2D eigenvalue weighted by Crippen LogP contribution is 2.08. The summed E-state index contributed by atoms with van der Waals surface area (Å²) in [5.74, 6) is -4.09. The second-order valence-corrected chi connectivity index (χ2v) is 8.72. The topological polar surface area (TPSA) is 235 Å². The van der Waals surface area contributed by atoms with Crippen molar-refractivity contribution in [3.63, 3.8) is 0 Å². The first-order valence-corrected chi connectivity index (χ1v) is 11.4.